The summed E-state index contributed by atoms with van der Waals surface area (Å²) in [5.74, 6) is -0.206. The molecule has 0 aliphatic carbocycles. The number of ether oxygens (including phenoxy) is 2. The van der Waals surface area contributed by atoms with Crippen LogP contribution in [0, 0.1) is 0 Å². The highest BCUT2D eigenvalue weighted by Crippen LogP contribution is 2.25. The molecule has 0 saturated carbocycles. The molecular weight excluding hydrogens is 260 g/mol. The Morgan fingerprint density at radius 3 is 2.65 bits per heavy atom. The van der Waals surface area contributed by atoms with E-state index in [0.29, 0.717) is 23.6 Å². The number of nitrogens with zero attached hydrogens (tertiary/aromatic N) is 1. The molecule has 1 aromatic carbocycles. The number of nitrogen functional groups attached to an aromatic ring is 1. The molecule has 0 unspecified atom stereocenters. The average Bonchev–Trinajstić information content (AvgIpc) is 2.44. The first-order chi connectivity index (χ1) is 9.51. The van der Waals surface area contributed by atoms with E-state index in [9.17, 15) is 9.59 Å². The summed E-state index contributed by atoms with van der Waals surface area (Å²) in [6.45, 7) is 2.33. The number of hydrogen-bond donors (Lipinski definition) is 1. The van der Waals surface area contributed by atoms with Crippen molar-refractivity contribution < 1.29 is 19.1 Å². The van der Waals surface area contributed by atoms with Crippen molar-refractivity contribution in [2.24, 2.45) is 0 Å². The fourth-order valence-corrected chi connectivity index (χ4v) is 1.73. The Balaban J connectivity index is 2.77. The quantitative estimate of drug-likeness (QED) is 0.627. The summed E-state index contributed by atoms with van der Waals surface area (Å²) in [4.78, 5) is 25.0. The fraction of sp³-hybridized carbons (Fsp3) is 0.429. The molecule has 1 amide bonds. The number of carbonyl (C=O) groups is 2. The standard InChI is InChI=1S/C14H20N2O4/c1-4-20-12(17)8-9-16(2)14(18)13-10(15)6-5-7-11(13)19-3/h5-7H,4,8-9,15H2,1-3H3. The van der Waals surface area contributed by atoms with Gasteiger partial charge in [0.05, 0.1) is 20.1 Å². The van der Waals surface area contributed by atoms with Crippen LogP contribution >= 0.6 is 0 Å². The number of amides is 1. The topological polar surface area (TPSA) is 81.9 Å². The smallest absolute Gasteiger partial charge is 0.307 e. The van der Waals surface area contributed by atoms with Gasteiger partial charge in [0.1, 0.15) is 11.3 Å². The highest BCUT2D eigenvalue weighted by Gasteiger charge is 2.20. The first-order valence-electron chi connectivity index (χ1n) is 6.34. The lowest BCUT2D eigenvalue weighted by atomic mass is 10.1. The van der Waals surface area contributed by atoms with Crippen LogP contribution in [0.3, 0.4) is 0 Å². The van der Waals surface area contributed by atoms with Crippen molar-refractivity contribution in [1.29, 1.82) is 0 Å². The molecule has 6 heteroatoms. The number of benzene rings is 1. The van der Waals surface area contributed by atoms with E-state index in [1.165, 1.54) is 12.0 Å². The molecule has 0 saturated heterocycles. The second kappa shape index (κ2) is 7.37. The molecule has 0 heterocycles. The number of anilines is 1. The van der Waals surface area contributed by atoms with Gasteiger partial charge < -0.3 is 20.1 Å². The molecule has 0 fully saturated rings. The van der Waals surface area contributed by atoms with Crippen molar-refractivity contribution >= 4 is 17.6 Å². The zero-order valence-electron chi connectivity index (χ0n) is 12.0. The lowest BCUT2D eigenvalue weighted by Crippen LogP contribution is -2.30. The lowest BCUT2D eigenvalue weighted by Gasteiger charge is -2.19. The van der Waals surface area contributed by atoms with Gasteiger partial charge in [-0.15, -0.1) is 0 Å². The van der Waals surface area contributed by atoms with E-state index in [1.54, 1.807) is 32.2 Å². The first-order valence-corrected chi connectivity index (χ1v) is 6.34. The summed E-state index contributed by atoms with van der Waals surface area (Å²) in [6.07, 6.45) is 0.144. The largest absolute Gasteiger partial charge is 0.496 e. The molecule has 2 N–H and O–H groups in total. The van der Waals surface area contributed by atoms with Crippen LogP contribution in [0.4, 0.5) is 5.69 Å². The first kappa shape index (κ1) is 15.8. The Kier molecular flexibility index (Phi) is 5.83. The predicted molar refractivity (Wildman–Crippen MR) is 75.6 cm³/mol. The zero-order valence-corrected chi connectivity index (χ0v) is 12.0. The second-order valence-electron chi connectivity index (χ2n) is 4.21. The molecule has 0 aromatic heterocycles. The van der Waals surface area contributed by atoms with Gasteiger partial charge in [-0.1, -0.05) is 6.07 Å². The van der Waals surface area contributed by atoms with Crippen LogP contribution in [-0.4, -0.2) is 44.1 Å². The van der Waals surface area contributed by atoms with Crippen LogP contribution in [0.25, 0.3) is 0 Å². The van der Waals surface area contributed by atoms with E-state index < -0.39 is 0 Å². The summed E-state index contributed by atoms with van der Waals surface area (Å²) in [5, 5.41) is 0. The zero-order chi connectivity index (χ0) is 15.1. The van der Waals surface area contributed by atoms with Crippen LogP contribution in [0.2, 0.25) is 0 Å². The van der Waals surface area contributed by atoms with E-state index in [2.05, 4.69) is 0 Å². The van der Waals surface area contributed by atoms with Crippen molar-refractivity contribution in [2.45, 2.75) is 13.3 Å². The van der Waals surface area contributed by atoms with E-state index in [1.807, 2.05) is 0 Å². The monoisotopic (exact) mass is 280 g/mol. The third-order valence-corrected chi connectivity index (χ3v) is 2.80. The molecule has 0 atom stereocenters. The van der Waals surface area contributed by atoms with Crippen LogP contribution < -0.4 is 10.5 Å². The molecule has 110 valence electrons. The number of hydrogen-bond acceptors (Lipinski definition) is 5. The van der Waals surface area contributed by atoms with Gasteiger partial charge in [-0.25, -0.2) is 0 Å². The normalized spacial score (nSPS) is 9.95. The van der Waals surface area contributed by atoms with Crippen molar-refractivity contribution in [3.05, 3.63) is 23.8 Å². The molecular formula is C14H20N2O4. The van der Waals surface area contributed by atoms with Crippen molar-refractivity contribution in [3.8, 4) is 5.75 Å². The molecule has 0 spiro atoms. The summed E-state index contributed by atoms with van der Waals surface area (Å²) in [6, 6.07) is 5.02. The van der Waals surface area contributed by atoms with Gasteiger partial charge >= 0.3 is 5.97 Å². The Labute approximate surface area is 118 Å². The Bertz CT molecular complexity index is 488. The van der Waals surface area contributed by atoms with E-state index >= 15 is 0 Å². The fourth-order valence-electron chi connectivity index (χ4n) is 1.73. The molecule has 6 nitrogen and oxygen atoms in total. The highest BCUT2D eigenvalue weighted by atomic mass is 16.5. The minimum absolute atomic E-state index is 0.144. The summed E-state index contributed by atoms with van der Waals surface area (Å²) < 4.78 is 9.96. The van der Waals surface area contributed by atoms with Gasteiger partial charge in [0.2, 0.25) is 0 Å². The maximum atomic E-state index is 12.3. The van der Waals surface area contributed by atoms with E-state index in [0.717, 1.165) is 0 Å². The second-order valence-corrected chi connectivity index (χ2v) is 4.21. The van der Waals surface area contributed by atoms with Gasteiger partial charge in [0, 0.05) is 19.3 Å². The minimum Gasteiger partial charge on any atom is -0.496 e. The predicted octanol–water partition coefficient (Wildman–Crippen LogP) is 1.30. The SMILES string of the molecule is CCOC(=O)CCN(C)C(=O)c1c(N)cccc1OC. The summed E-state index contributed by atoms with van der Waals surface area (Å²) in [7, 11) is 3.08. The molecule has 0 aliphatic rings. The van der Waals surface area contributed by atoms with Crippen molar-refractivity contribution in [3.63, 3.8) is 0 Å². The van der Waals surface area contributed by atoms with Crippen LogP contribution in [0.15, 0.2) is 18.2 Å². The number of nitrogens with two attached hydrogens (primary N) is 1. The molecule has 0 aliphatic heterocycles. The molecule has 1 aromatic rings. The van der Waals surface area contributed by atoms with Gasteiger partial charge in [0.25, 0.3) is 5.91 Å². The number of methoxy groups -OCH3 is 1. The highest BCUT2D eigenvalue weighted by molar-refractivity contribution is 6.01. The maximum absolute atomic E-state index is 12.3. The molecule has 1 rings (SSSR count). The third kappa shape index (κ3) is 3.88. The van der Waals surface area contributed by atoms with Crippen LogP contribution in [0.5, 0.6) is 5.75 Å². The van der Waals surface area contributed by atoms with Gasteiger partial charge in [0.15, 0.2) is 0 Å². The Morgan fingerprint density at radius 1 is 1.35 bits per heavy atom. The number of carbonyl (C=O) groups excluding carboxylic acids is 2. The average molecular weight is 280 g/mol. The van der Waals surface area contributed by atoms with Crippen LogP contribution in [-0.2, 0) is 9.53 Å². The summed E-state index contributed by atoms with van der Waals surface area (Å²) in [5.41, 5.74) is 6.47. The van der Waals surface area contributed by atoms with Gasteiger partial charge in [-0.05, 0) is 19.1 Å². The Hall–Kier alpha value is -2.24. The van der Waals surface area contributed by atoms with Crippen molar-refractivity contribution in [2.75, 3.05) is 33.0 Å². The van der Waals surface area contributed by atoms with E-state index in [4.69, 9.17) is 15.2 Å². The van der Waals surface area contributed by atoms with Crippen LogP contribution in [0.1, 0.15) is 23.7 Å². The van der Waals surface area contributed by atoms with E-state index in [-0.39, 0.29) is 24.8 Å². The van der Waals surface area contributed by atoms with Crippen molar-refractivity contribution in [1.82, 2.24) is 4.90 Å². The Morgan fingerprint density at radius 2 is 2.05 bits per heavy atom. The number of esters is 1. The number of rotatable bonds is 6. The third-order valence-electron chi connectivity index (χ3n) is 2.80. The minimum atomic E-state index is -0.333. The van der Waals surface area contributed by atoms with Gasteiger partial charge in [-0.2, -0.15) is 0 Å². The maximum Gasteiger partial charge on any atom is 0.307 e. The molecule has 0 bridgehead atoms. The van der Waals surface area contributed by atoms with Gasteiger partial charge in [-0.3, -0.25) is 9.59 Å². The molecule has 20 heavy (non-hydrogen) atoms. The molecule has 0 radical (unpaired) electrons. The summed E-state index contributed by atoms with van der Waals surface area (Å²) >= 11 is 0. The lowest BCUT2D eigenvalue weighted by molar-refractivity contribution is -0.143.